The van der Waals surface area contributed by atoms with Crippen LogP contribution in [0.4, 0.5) is 0 Å². The molecule has 0 saturated heterocycles. The van der Waals surface area contributed by atoms with E-state index in [1.807, 2.05) is 78.6 Å². The van der Waals surface area contributed by atoms with Crippen LogP contribution in [0, 0.1) is 0 Å². The molecule has 1 atom stereocenters. The summed E-state index contributed by atoms with van der Waals surface area (Å²) in [7, 11) is 0. The second-order valence-corrected chi connectivity index (χ2v) is 8.29. The molecule has 2 aromatic carbocycles. The molecule has 0 N–H and O–H groups in total. The number of fused-ring (bicyclic) bond motifs is 1. The SMILES string of the molecule is CCN(CCc1ccccn1)C(=O)C1c2ccccc2C(=O)N1CCc1ccc(Cl)cc1. The Labute approximate surface area is 193 Å². The first kappa shape index (κ1) is 22.0. The number of carbonyl (C=O) groups is 2. The summed E-state index contributed by atoms with van der Waals surface area (Å²) in [5.74, 6) is -0.133. The number of hydrogen-bond donors (Lipinski definition) is 0. The van der Waals surface area contributed by atoms with E-state index in [9.17, 15) is 9.59 Å². The number of hydrogen-bond acceptors (Lipinski definition) is 3. The van der Waals surface area contributed by atoms with Crippen molar-refractivity contribution in [2.45, 2.75) is 25.8 Å². The van der Waals surface area contributed by atoms with Gasteiger partial charge in [-0.2, -0.15) is 0 Å². The molecule has 0 aliphatic carbocycles. The number of pyridine rings is 1. The summed E-state index contributed by atoms with van der Waals surface area (Å²) in [5, 5.41) is 0.679. The highest BCUT2D eigenvalue weighted by Crippen LogP contribution is 2.35. The minimum absolute atomic E-state index is 0.0437. The molecule has 4 rings (SSSR count). The number of benzene rings is 2. The first-order valence-corrected chi connectivity index (χ1v) is 11.3. The van der Waals surface area contributed by atoms with Gasteiger partial charge in [-0.05, 0) is 54.8 Å². The molecule has 2 heterocycles. The Kier molecular flexibility index (Phi) is 6.86. The first-order valence-electron chi connectivity index (χ1n) is 10.9. The van der Waals surface area contributed by atoms with Crippen LogP contribution in [0.5, 0.6) is 0 Å². The second kappa shape index (κ2) is 9.96. The van der Waals surface area contributed by atoms with E-state index in [1.54, 1.807) is 11.1 Å². The van der Waals surface area contributed by atoms with Gasteiger partial charge in [0.1, 0.15) is 6.04 Å². The maximum atomic E-state index is 13.7. The number of nitrogens with zero attached hydrogens (tertiary/aromatic N) is 3. The lowest BCUT2D eigenvalue weighted by Gasteiger charge is -2.30. The van der Waals surface area contributed by atoms with Crippen LogP contribution in [0.1, 0.15) is 40.1 Å². The molecule has 0 fully saturated rings. The first-order chi connectivity index (χ1) is 15.6. The van der Waals surface area contributed by atoms with Gasteiger partial charge in [0.25, 0.3) is 5.91 Å². The molecule has 1 aliphatic heterocycles. The summed E-state index contributed by atoms with van der Waals surface area (Å²) in [6.45, 7) is 3.56. The molecule has 3 aromatic rings. The van der Waals surface area contributed by atoms with Crippen LogP contribution >= 0.6 is 11.6 Å². The molecule has 0 spiro atoms. The minimum Gasteiger partial charge on any atom is -0.340 e. The highest BCUT2D eigenvalue weighted by Gasteiger charge is 2.42. The molecule has 0 bridgehead atoms. The normalized spacial score (nSPS) is 15.0. The van der Waals surface area contributed by atoms with Crippen molar-refractivity contribution in [1.29, 1.82) is 0 Å². The van der Waals surface area contributed by atoms with Crippen LogP contribution in [0.2, 0.25) is 5.02 Å². The molecule has 2 amide bonds. The van der Waals surface area contributed by atoms with Crippen LogP contribution in [0.25, 0.3) is 0 Å². The van der Waals surface area contributed by atoms with Crippen molar-refractivity contribution in [1.82, 2.24) is 14.8 Å². The Morgan fingerprint density at radius 3 is 2.50 bits per heavy atom. The zero-order valence-corrected chi connectivity index (χ0v) is 18.8. The Morgan fingerprint density at radius 1 is 1.03 bits per heavy atom. The average Bonchev–Trinajstić information content (AvgIpc) is 3.11. The molecule has 1 unspecified atom stereocenters. The zero-order valence-electron chi connectivity index (χ0n) is 18.1. The van der Waals surface area contributed by atoms with E-state index in [-0.39, 0.29) is 11.8 Å². The van der Waals surface area contributed by atoms with E-state index in [0.717, 1.165) is 16.8 Å². The van der Waals surface area contributed by atoms with Crippen LogP contribution in [0.3, 0.4) is 0 Å². The van der Waals surface area contributed by atoms with Gasteiger partial charge in [-0.1, -0.05) is 48.0 Å². The third-order valence-corrected chi connectivity index (χ3v) is 6.16. The molecule has 32 heavy (non-hydrogen) atoms. The van der Waals surface area contributed by atoms with Crippen molar-refractivity contribution >= 4 is 23.4 Å². The Balaban J connectivity index is 1.54. The molecule has 6 heteroatoms. The highest BCUT2D eigenvalue weighted by atomic mass is 35.5. The van der Waals surface area contributed by atoms with Crippen LogP contribution in [-0.2, 0) is 17.6 Å². The molecular formula is C26H26ClN3O2. The minimum atomic E-state index is -0.602. The standard InChI is InChI=1S/C26H26ClN3O2/c1-2-29(17-15-21-7-5-6-16-28-21)26(32)24-22-8-3-4-9-23(22)25(31)30(24)18-14-19-10-12-20(27)13-11-19/h3-13,16,24H,2,14-15,17-18H2,1H3. The molecule has 1 aromatic heterocycles. The summed E-state index contributed by atoms with van der Waals surface area (Å²) in [6, 6.07) is 20.2. The Morgan fingerprint density at radius 2 is 1.78 bits per heavy atom. The van der Waals surface area contributed by atoms with Gasteiger partial charge >= 0.3 is 0 Å². The number of aromatic nitrogens is 1. The predicted molar refractivity (Wildman–Crippen MR) is 126 cm³/mol. The summed E-state index contributed by atoms with van der Waals surface area (Å²) in [4.78, 5) is 34.8. The monoisotopic (exact) mass is 447 g/mol. The smallest absolute Gasteiger partial charge is 0.255 e. The van der Waals surface area contributed by atoms with Crippen LogP contribution < -0.4 is 0 Å². The van der Waals surface area contributed by atoms with E-state index >= 15 is 0 Å². The van der Waals surface area contributed by atoms with Gasteiger partial charge in [-0.15, -0.1) is 0 Å². The quantitative estimate of drug-likeness (QED) is 0.508. The molecule has 164 valence electrons. The van der Waals surface area contributed by atoms with Gasteiger partial charge < -0.3 is 9.80 Å². The largest absolute Gasteiger partial charge is 0.340 e. The summed E-state index contributed by atoms with van der Waals surface area (Å²) < 4.78 is 0. The third-order valence-electron chi connectivity index (χ3n) is 5.90. The van der Waals surface area contributed by atoms with Crippen molar-refractivity contribution < 1.29 is 9.59 Å². The zero-order chi connectivity index (χ0) is 22.5. The highest BCUT2D eigenvalue weighted by molar-refractivity contribution is 6.30. The maximum Gasteiger partial charge on any atom is 0.255 e. The fourth-order valence-electron chi connectivity index (χ4n) is 4.16. The summed E-state index contributed by atoms with van der Waals surface area (Å²) >= 11 is 5.99. The van der Waals surface area contributed by atoms with Crippen LogP contribution in [0.15, 0.2) is 72.9 Å². The van der Waals surface area contributed by atoms with E-state index in [2.05, 4.69) is 4.98 Å². The fraction of sp³-hybridized carbons (Fsp3) is 0.269. The van der Waals surface area contributed by atoms with E-state index in [4.69, 9.17) is 11.6 Å². The van der Waals surface area contributed by atoms with E-state index in [1.165, 1.54) is 0 Å². The summed E-state index contributed by atoms with van der Waals surface area (Å²) in [5.41, 5.74) is 3.42. The Bertz CT molecular complexity index is 1090. The van der Waals surface area contributed by atoms with Gasteiger partial charge in [-0.3, -0.25) is 14.6 Å². The van der Waals surface area contributed by atoms with Crippen molar-refractivity contribution in [3.05, 3.63) is 100 Å². The lowest BCUT2D eigenvalue weighted by atomic mass is 10.0. The van der Waals surface area contributed by atoms with Gasteiger partial charge in [-0.25, -0.2) is 0 Å². The summed E-state index contributed by atoms with van der Waals surface area (Å²) in [6.07, 6.45) is 3.09. The number of amides is 2. The lowest BCUT2D eigenvalue weighted by Crippen LogP contribution is -2.43. The molecular weight excluding hydrogens is 422 g/mol. The predicted octanol–water partition coefficient (Wildman–Crippen LogP) is 4.57. The molecule has 5 nitrogen and oxygen atoms in total. The van der Waals surface area contributed by atoms with Crippen molar-refractivity contribution in [2.75, 3.05) is 19.6 Å². The molecule has 0 saturated carbocycles. The van der Waals surface area contributed by atoms with E-state index < -0.39 is 6.04 Å². The van der Waals surface area contributed by atoms with Gasteiger partial charge in [0.2, 0.25) is 5.91 Å². The van der Waals surface area contributed by atoms with Crippen molar-refractivity contribution in [3.63, 3.8) is 0 Å². The molecule has 0 radical (unpaired) electrons. The topological polar surface area (TPSA) is 53.5 Å². The fourth-order valence-corrected chi connectivity index (χ4v) is 4.29. The number of halogens is 1. The number of likely N-dealkylation sites (N-methyl/N-ethyl adjacent to an activating group) is 1. The van der Waals surface area contributed by atoms with Gasteiger partial charge in [0, 0.05) is 48.5 Å². The number of carbonyl (C=O) groups excluding carboxylic acids is 2. The lowest BCUT2D eigenvalue weighted by molar-refractivity contribution is -0.135. The average molecular weight is 448 g/mol. The van der Waals surface area contributed by atoms with E-state index in [0.29, 0.717) is 43.1 Å². The molecule has 1 aliphatic rings. The number of rotatable bonds is 8. The van der Waals surface area contributed by atoms with Gasteiger partial charge in [0.15, 0.2) is 0 Å². The van der Waals surface area contributed by atoms with Crippen molar-refractivity contribution in [3.8, 4) is 0 Å². The third kappa shape index (κ3) is 4.68. The van der Waals surface area contributed by atoms with Crippen molar-refractivity contribution in [2.24, 2.45) is 0 Å². The second-order valence-electron chi connectivity index (χ2n) is 7.85. The Hall–Kier alpha value is -3.18. The maximum absolute atomic E-state index is 13.7. The van der Waals surface area contributed by atoms with Crippen LogP contribution in [-0.4, -0.2) is 46.2 Å². The van der Waals surface area contributed by atoms with Gasteiger partial charge in [0.05, 0.1) is 0 Å².